The number of nitrogens with zero attached hydrogens (tertiary/aromatic N) is 2. The molecule has 1 fully saturated rings. The Balaban J connectivity index is 2.07. The lowest BCUT2D eigenvalue weighted by Crippen LogP contribution is -2.27. The highest BCUT2D eigenvalue weighted by Crippen LogP contribution is 2.41. The van der Waals surface area contributed by atoms with Crippen molar-refractivity contribution in [1.82, 2.24) is 4.98 Å². The third-order valence-electron chi connectivity index (χ3n) is 3.46. The molecule has 1 aliphatic rings. The SMILES string of the molecule is CC1CCC(C#N)(Cc2cncs2)CC1. The molecule has 80 valence electrons. The van der Waals surface area contributed by atoms with Gasteiger partial charge >= 0.3 is 0 Å². The van der Waals surface area contributed by atoms with E-state index in [2.05, 4.69) is 18.0 Å². The normalized spacial score (nSPS) is 31.1. The summed E-state index contributed by atoms with van der Waals surface area (Å²) < 4.78 is 0. The minimum Gasteiger partial charge on any atom is -0.253 e. The summed E-state index contributed by atoms with van der Waals surface area (Å²) in [5, 5.41) is 9.36. The van der Waals surface area contributed by atoms with Crippen molar-refractivity contribution in [3.63, 3.8) is 0 Å². The molecule has 15 heavy (non-hydrogen) atoms. The lowest BCUT2D eigenvalue weighted by atomic mass is 9.70. The first kappa shape index (κ1) is 10.6. The molecule has 1 aliphatic carbocycles. The molecule has 0 N–H and O–H groups in total. The highest BCUT2D eigenvalue weighted by atomic mass is 32.1. The first-order valence-corrected chi connectivity index (χ1v) is 6.41. The number of thiazole rings is 1. The van der Waals surface area contributed by atoms with Crippen LogP contribution in [0.15, 0.2) is 11.7 Å². The standard InChI is InChI=1S/C12H16N2S/c1-10-2-4-12(8-13,5-3-10)6-11-7-14-9-15-11/h7,9-10H,2-6H2,1H3. The zero-order valence-corrected chi connectivity index (χ0v) is 9.89. The van der Waals surface area contributed by atoms with Crippen LogP contribution in [0.5, 0.6) is 0 Å². The molecule has 0 atom stereocenters. The van der Waals surface area contributed by atoms with E-state index in [-0.39, 0.29) is 5.41 Å². The molecule has 3 heteroatoms. The summed E-state index contributed by atoms with van der Waals surface area (Å²) in [7, 11) is 0. The molecular formula is C12H16N2S. The average Bonchev–Trinajstić information content (AvgIpc) is 2.75. The molecule has 1 saturated carbocycles. The summed E-state index contributed by atoms with van der Waals surface area (Å²) in [5.74, 6) is 0.799. The van der Waals surface area contributed by atoms with Crippen LogP contribution in [0, 0.1) is 22.7 Å². The minimum atomic E-state index is -0.0982. The van der Waals surface area contributed by atoms with E-state index in [1.54, 1.807) is 11.3 Å². The van der Waals surface area contributed by atoms with Gasteiger partial charge in [0, 0.05) is 17.5 Å². The molecular weight excluding hydrogens is 204 g/mol. The van der Waals surface area contributed by atoms with Crippen molar-refractivity contribution >= 4 is 11.3 Å². The van der Waals surface area contributed by atoms with Crippen molar-refractivity contribution < 1.29 is 0 Å². The first-order valence-electron chi connectivity index (χ1n) is 5.53. The van der Waals surface area contributed by atoms with Crippen LogP contribution in [-0.4, -0.2) is 4.98 Å². The Labute approximate surface area is 95.0 Å². The number of aromatic nitrogens is 1. The Bertz CT molecular complexity index is 342. The Morgan fingerprint density at radius 1 is 1.60 bits per heavy atom. The van der Waals surface area contributed by atoms with Gasteiger partial charge in [0.2, 0.25) is 0 Å². The zero-order chi connectivity index (χ0) is 10.7. The van der Waals surface area contributed by atoms with E-state index in [1.807, 2.05) is 11.7 Å². The largest absolute Gasteiger partial charge is 0.253 e. The summed E-state index contributed by atoms with van der Waals surface area (Å²) in [6.07, 6.45) is 7.33. The maximum atomic E-state index is 9.36. The molecule has 2 nitrogen and oxygen atoms in total. The summed E-state index contributed by atoms with van der Waals surface area (Å²) in [4.78, 5) is 5.33. The maximum Gasteiger partial charge on any atom is 0.0794 e. The topological polar surface area (TPSA) is 36.7 Å². The molecule has 1 aromatic heterocycles. The fourth-order valence-corrected chi connectivity index (χ4v) is 3.04. The summed E-state index contributed by atoms with van der Waals surface area (Å²) in [6.45, 7) is 2.29. The molecule has 0 aliphatic heterocycles. The number of nitriles is 1. The van der Waals surface area contributed by atoms with Crippen LogP contribution in [0.25, 0.3) is 0 Å². The van der Waals surface area contributed by atoms with Crippen LogP contribution in [0.3, 0.4) is 0 Å². The van der Waals surface area contributed by atoms with Crippen molar-refractivity contribution in [3.05, 3.63) is 16.6 Å². The summed E-state index contributed by atoms with van der Waals surface area (Å²) >= 11 is 1.67. The van der Waals surface area contributed by atoms with Crippen molar-refractivity contribution in [3.8, 4) is 6.07 Å². The van der Waals surface area contributed by atoms with E-state index in [9.17, 15) is 5.26 Å². The van der Waals surface area contributed by atoms with Gasteiger partial charge in [-0.25, -0.2) is 0 Å². The Kier molecular flexibility index (Phi) is 3.06. The highest BCUT2D eigenvalue weighted by molar-refractivity contribution is 7.09. The smallest absolute Gasteiger partial charge is 0.0794 e. The average molecular weight is 220 g/mol. The van der Waals surface area contributed by atoms with E-state index >= 15 is 0 Å². The predicted octanol–water partition coefficient (Wildman–Crippen LogP) is 3.41. The monoisotopic (exact) mass is 220 g/mol. The number of hydrogen-bond donors (Lipinski definition) is 0. The third-order valence-corrected chi connectivity index (χ3v) is 4.24. The van der Waals surface area contributed by atoms with Crippen molar-refractivity contribution in [2.24, 2.45) is 11.3 Å². The molecule has 0 aromatic carbocycles. The van der Waals surface area contributed by atoms with Crippen LogP contribution >= 0.6 is 11.3 Å². The van der Waals surface area contributed by atoms with Gasteiger partial charge in [-0.05, 0) is 31.6 Å². The first-order chi connectivity index (χ1) is 7.24. The van der Waals surface area contributed by atoms with E-state index < -0.39 is 0 Å². The van der Waals surface area contributed by atoms with E-state index in [0.717, 1.165) is 25.2 Å². The van der Waals surface area contributed by atoms with Gasteiger partial charge in [0.05, 0.1) is 17.0 Å². The Hall–Kier alpha value is -0.880. The molecule has 2 rings (SSSR count). The maximum absolute atomic E-state index is 9.36. The molecule has 0 amide bonds. The third kappa shape index (κ3) is 2.38. The van der Waals surface area contributed by atoms with Crippen LogP contribution < -0.4 is 0 Å². The molecule has 0 bridgehead atoms. The molecule has 0 radical (unpaired) electrons. The van der Waals surface area contributed by atoms with Crippen molar-refractivity contribution in [1.29, 1.82) is 5.26 Å². The minimum absolute atomic E-state index is 0.0982. The molecule has 0 spiro atoms. The van der Waals surface area contributed by atoms with Gasteiger partial charge < -0.3 is 0 Å². The quantitative estimate of drug-likeness (QED) is 0.766. The van der Waals surface area contributed by atoms with E-state index in [4.69, 9.17) is 0 Å². The zero-order valence-electron chi connectivity index (χ0n) is 9.07. The van der Waals surface area contributed by atoms with E-state index in [0.29, 0.717) is 0 Å². The molecule has 1 heterocycles. The van der Waals surface area contributed by atoms with E-state index in [1.165, 1.54) is 17.7 Å². The summed E-state index contributed by atoms with van der Waals surface area (Å²) in [5.41, 5.74) is 1.75. The second-order valence-electron chi connectivity index (χ2n) is 4.72. The summed E-state index contributed by atoms with van der Waals surface area (Å²) in [6, 6.07) is 2.56. The Morgan fingerprint density at radius 3 is 2.87 bits per heavy atom. The fraction of sp³-hybridized carbons (Fsp3) is 0.667. The second kappa shape index (κ2) is 4.32. The molecule has 1 aromatic rings. The Morgan fingerprint density at radius 2 is 2.33 bits per heavy atom. The van der Waals surface area contributed by atoms with Crippen LogP contribution in [0.1, 0.15) is 37.5 Å². The van der Waals surface area contributed by atoms with Crippen LogP contribution in [0.4, 0.5) is 0 Å². The fourth-order valence-electron chi connectivity index (χ4n) is 2.31. The van der Waals surface area contributed by atoms with Gasteiger partial charge in [0.15, 0.2) is 0 Å². The molecule has 0 saturated heterocycles. The van der Waals surface area contributed by atoms with Gasteiger partial charge in [0.25, 0.3) is 0 Å². The highest BCUT2D eigenvalue weighted by Gasteiger charge is 2.34. The van der Waals surface area contributed by atoms with Crippen molar-refractivity contribution in [2.45, 2.75) is 39.0 Å². The lowest BCUT2D eigenvalue weighted by molar-refractivity contribution is 0.220. The second-order valence-corrected chi connectivity index (χ2v) is 5.69. The van der Waals surface area contributed by atoms with Crippen molar-refractivity contribution in [2.75, 3.05) is 0 Å². The predicted molar refractivity (Wildman–Crippen MR) is 61.5 cm³/mol. The van der Waals surface area contributed by atoms with Gasteiger partial charge in [0.1, 0.15) is 0 Å². The van der Waals surface area contributed by atoms with Crippen LogP contribution in [0.2, 0.25) is 0 Å². The molecule has 0 unspecified atom stereocenters. The number of hydrogen-bond acceptors (Lipinski definition) is 3. The van der Waals surface area contributed by atoms with Gasteiger partial charge in [-0.2, -0.15) is 5.26 Å². The van der Waals surface area contributed by atoms with Gasteiger partial charge in [-0.1, -0.05) is 6.92 Å². The lowest BCUT2D eigenvalue weighted by Gasteiger charge is -2.33. The number of rotatable bonds is 2. The van der Waals surface area contributed by atoms with Gasteiger partial charge in [-0.3, -0.25) is 4.98 Å². The van der Waals surface area contributed by atoms with Crippen LogP contribution in [-0.2, 0) is 6.42 Å². The van der Waals surface area contributed by atoms with Gasteiger partial charge in [-0.15, -0.1) is 11.3 Å².